The van der Waals surface area contributed by atoms with E-state index in [-0.39, 0.29) is 0 Å². The van der Waals surface area contributed by atoms with E-state index in [9.17, 15) is 0 Å². The Hall–Kier alpha value is -0.0800. The fraction of sp³-hybridized carbons (Fsp3) is 1.00. The van der Waals surface area contributed by atoms with Crippen LogP contribution in [0.15, 0.2) is 0 Å². The van der Waals surface area contributed by atoms with Crippen molar-refractivity contribution >= 4 is 0 Å². The van der Waals surface area contributed by atoms with E-state index in [0.717, 1.165) is 12.1 Å². The third kappa shape index (κ3) is 3.46. The van der Waals surface area contributed by atoms with E-state index in [1.807, 2.05) is 0 Å². The van der Waals surface area contributed by atoms with E-state index in [1.54, 1.807) is 0 Å². The number of hydrogen-bond acceptors (Lipinski definition) is 2. The Labute approximate surface area is 102 Å². The average Bonchev–Trinajstić information content (AvgIpc) is 2.28. The maximum Gasteiger partial charge on any atom is 0.0251 e. The lowest BCUT2D eigenvalue weighted by Gasteiger charge is -2.44. The zero-order valence-electron chi connectivity index (χ0n) is 11.9. The van der Waals surface area contributed by atoms with Gasteiger partial charge in [0, 0.05) is 18.1 Å². The minimum atomic E-state index is 0.667. The van der Waals surface area contributed by atoms with Gasteiger partial charge >= 0.3 is 0 Å². The highest BCUT2D eigenvalue weighted by atomic mass is 15.2. The summed E-state index contributed by atoms with van der Waals surface area (Å²) in [6.07, 6.45) is 6.87. The van der Waals surface area contributed by atoms with Gasteiger partial charge in [-0.05, 0) is 53.8 Å². The largest absolute Gasteiger partial charge is 0.302 e. The lowest BCUT2D eigenvalue weighted by Crippen LogP contribution is -2.53. The van der Waals surface area contributed by atoms with Crippen molar-refractivity contribution in [2.24, 2.45) is 0 Å². The predicted molar refractivity (Wildman–Crippen MR) is 71.9 cm³/mol. The van der Waals surface area contributed by atoms with Crippen molar-refractivity contribution in [1.82, 2.24) is 9.80 Å². The topological polar surface area (TPSA) is 6.48 Å². The van der Waals surface area contributed by atoms with Crippen molar-refractivity contribution in [3.05, 3.63) is 0 Å². The van der Waals surface area contributed by atoms with Crippen molar-refractivity contribution in [3.63, 3.8) is 0 Å². The minimum absolute atomic E-state index is 0.667. The molecule has 1 saturated carbocycles. The second kappa shape index (κ2) is 6.61. The van der Waals surface area contributed by atoms with Crippen LogP contribution in [0.5, 0.6) is 0 Å². The molecule has 1 aliphatic rings. The van der Waals surface area contributed by atoms with Crippen LogP contribution in [0.2, 0.25) is 0 Å². The number of likely N-dealkylation sites (N-methyl/N-ethyl adjacent to an activating group) is 2. The molecule has 2 nitrogen and oxygen atoms in total. The molecular weight excluding hydrogens is 196 g/mol. The third-order valence-corrected chi connectivity index (χ3v) is 4.17. The first-order valence-corrected chi connectivity index (χ1v) is 7.00. The van der Waals surface area contributed by atoms with Gasteiger partial charge in [-0.1, -0.05) is 19.8 Å². The molecule has 0 amide bonds. The van der Waals surface area contributed by atoms with E-state index >= 15 is 0 Å². The monoisotopic (exact) mass is 226 g/mol. The van der Waals surface area contributed by atoms with Crippen LogP contribution in [0.1, 0.15) is 52.9 Å². The normalized spacial score (nSPS) is 27.0. The van der Waals surface area contributed by atoms with Gasteiger partial charge in [0.25, 0.3) is 0 Å². The Morgan fingerprint density at radius 3 is 2.12 bits per heavy atom. The van der Waals surface area contributed by atoms with Crippen LogP contribution in [-0.2, 0) is 0 Å². The van der Waals surface area contributed by atoms with Crippen LogP contribution in [0.4, 0.5) is 0 Å². The lowest BCUT2D eigenvalue weighted by atomic mass is 9.87. The van der Waals surface area contributed by atoms with E-state index < -0.39 is 0 Å². The molecule has 0 bridgehead atoms. The first-order chi connectivity index (χ1) is 7.57. The molecule has 0 aromatic carbocycles. The van der Waals surface area contributed by atoms with Crippen molar-refractivity contribution in [1.29, 1.82) is 0 Å². The molecule has 0 radical (unpaired) electrons. The Bertz CT molecular complexity index is 191. The Morgan fingerprint density at radius 2 is 1.62 bits per heavy atom. The van der Waals surface area contributed by atoms with Crippen molar-refractivity contribution in [2.45, 2.75) is 71.0 Å². The van der Waals surface area contributed by atoms with Crippen molar-refractivity contribution in [3.8, 4) is 0 Å². The molecule has 1 rings (SSSR count). The highest BCUT2D eigenvalue weighted by Gasteiger charge is 2.31. The number of nitrogens with zero attached hydrogens (tertiary/aromatic N) is 2. The average molecular weight is 226 g/mol. The molecule has 96 valence electrons. The van der Waals surface area contributed by atoms with Crippen molar-refractivity contribution in [2.75, 3.05) is 20.6 Å². The van der Waals surface area contributed by atoms with E-state index in [4.69, 9.17) is 0 Å². The van der Waals surface area contributed by atoms with Crippen molar-refractivity contribution < 1.29 is 0 Å². The SMILES string of the molecule is CCCN(C)C1CCCCC1N(C)C(C)C. The molecule has 1 aliphatic carbocycles. The first-order valence-electron chi connectivity index (χ1n) is 7.00. The van der Waals surface area contributed by atoms with Gasteiger partial charge in [-0.15, -0.1) is 0 Å². The summed E-state index contributed by atoms with van der Waals surface area (Å²) in [6, 6.07) is 2.21. The van der Waals surface area contributed by atoms with E-state index in [0.29, 0.717) is 6.04 Å². The third-order valence-electron chi connectivity index (χ3n) is 4.17. The zero-order chi connectivity index (χ0) is 12.1. The van der Waals surface area contributed by atoms with Gasteiger partial charge in [0.1, 0.15) is 0 Å². The van der Waals surface area contributed by atoms with E-state index in [2.05, 4.69) is 44.7 Å². The summed E-state index contributed by atoms with van der Waals surface area (Å²) in [5.74, 6) is 0. The maximum atomic E-state index is 2.59. The maximum absolute atomic E-state index is 2.59. The Kier molecular flexibility index (Phi) is 5.77. The Morgan fingerprint density at radius 1 is 1.06 bits per heavy atom. The van der Waals surface area contributed by atoms with Gasteiger partial charge in [0.15, 0.2) is 0 Å². The second-order valence-electron chi connectivity index (χ2n) is 5.66. The van der Waals surface area contributed by atoms with Gasteiger partial charge in [0.2, 0.25) is 0 Å². The Balaban J connectivity index is 2.63. The van der Waals surface area contributed by atoms with Gasteiger partial charge in [-0.25, -0.2) is 0 Å². The fourth-order valence-corrected chi connectivity index (χ4v) is 2.98. The molecule has 0 saturated heterocycles. The molecule has 0 aromatic heterocycles. The van der Waals surface area contributed by atoms with Gasteiger partial charge in [-0.2, -0.15) is 0 Å². The highest BCUT2D eigenvalue weighted by molar-refractivity contribution is 4.88. The molecule has 2 heteroatoms. The van der Waals surface area contributed by atoms with Crippen LogP contribution in [0.25, 0.3) is 0 Å². The molecule has 0 heterocycles. The zero-order valence-corrected chi connectivity index (χ0v) is 11.9. The molecule has 0 aliphatic heterocycles. The van der Waals surface area contributed by atoms with Crippen LogP contribution in [0.3, 0.4) is 0 Å². The fourth-order valence-electron chi connectivity index (χ4n) is 2.98. The predicted octanol–water partition coefficient (Wildman–Crippen LogP) is 2.98. The minimum Gasteiger partial charge on any atom is -0.302 e. The molecule has 0 aromatic rings. The quantitative estimate of drug-likeness (QED) is 0.711. The van der Waals surface area contributed by atoms with Gasteiger partial charge in [-0.3, -0.25) is 4.90 Å². The van der Waals surface area contributed by atoms with Gasteiger partial charge < -0.3 is 4.90 Å². The summed E-state index contributed by atoms with van der Waals surface area (Å²) < 4.78 is 0. The molecule has 0 spiro atoms. The molecule has 2 unspecified atom stereocenters. The molecule has 1 fully saturated rings. The van der Waals surface area contributed by atoms with Crippen LogP contribution < -0.4 is 0 Å². The molecular formula is C14H30N2. The van der Waals surface area contributed by atoms with Crippen LogP contribution in [-0.4, -0.2) is 48.6 Å². The first kappa shape index (κ1) is 14.0. The van der Waals surface area contributed by atoms with Gasteiger partial charge in [0.05, 0.1) is 0 Å². The summed E-state index contributed by atoms with van der Waals surface area (Å²) in [5, 5.41) is 0. The molecule has 16 heavy (non-hydrogen) atoms. The molecule has 2 atom stereocenters. The lowest BCUT2D eigenvalue weighted by molar-refractivity contribution is 0.0606. The summed E-state index contributed by atoms with van der Waals surface area (Å²) in [7, 11) is 4.61. The highest BCUT2D eigenvalue weighted by Crippen LogP contribution is 2.27. The van der Waals surface area contributed by atoms with Crippen LogP contribution >= 0.6 is 0 Å². The summed E-state index contributed by atoms with van der Waals surface area (Å²) in [5.41, 5.74) is 0. The molecule has 0 N–H and O–H groups in total. The summed E-state index contributed by atoms with van der Waals surface area (Å²) >= 11 is 0. The standard InChI is InChI=1S/C14H30N2/c1-6-11-15(4)13-9-7-8-10-14(13)16(5)12(2)3/h12-14H,6-11H2,1-5H3. The smallest absolute Gasteiger partial charge is 0.0251 e. The van der Waals surface area contributed by atoms with E-state index in [1.165, 1.54) is 38.6 Å². The second-order valence-corrected chi connectivity index (χ2v) is 5.66. The summed E-state index contributed by atoms with van der Waals surface area (Å²) in [4.78, 5) is 5.17. The number of hydrogen-bond donors (Lipinski definition) is 0. The summed E-state index contributed by atoms with van der Waals surface area (Å²) in [6.45, 7) is 8.14. The number of rotatable bonds is 5. The van der Waals surface area contributed by atoms with Crippen LogP contribution in [0, 0.1) is 0 Å².